The number of fused-ring (bicyclic) bond motifs is 26. The minimum Gasteiger partial charge on any atom is -0.254 e. The Bertz CT molecular complexity index is 6610. The number of nitrogens with two attached hydrogens (primary N) is 2. The number of nitrogens with zero attached hydrogens (tertiary/aromatic N) is 16. The predicted octanol–water partition coefficient (Wildman–Crippen LogP) is 22.6. The molecule has 8 aromatic carbocycles. The molecule has 118 heavy (non-hydrogen) atoms. The summed E-state index contributed by atoms with van der Waals surface area (Å²) in [6.07, 6.45) is 21.1. The van der Waals surface area contributed by atoms with Crippen LogP contribution in [0.1, 0.15) is 20.7 Å². The van der Waals surface area contributed by atoms with Crippen LogP contribution < -0.4 is 11.5 Å². The molecule has 20 nitrogen and oxygen atoms in total. The smallest absolute Gasteiger partial charge is 0.0996 e. The number of nitrogen functional groups attached to an aromatic ring is 2. The molecule has 0 radical (unpaired) electrons. The number of pyridine rings is 12. The second kappa shape index (κ2) is 37.5. The molecule has 0 aliphatic heterocycles. The van der Waals surface area contributed by atoms with Gasteiger partial charge in [-0.1, -0.05) is 109 Å². The summed E-state index contributed by atoms with van der Waals surface area (Å²) < 4.78 is 0. The van der Waals surface area contributed by atoms with Gasteiger partial charge in [0.15, 0.2) is 0 Å². The molecule has 0 saturated carbocycles. The number of carbonyl (C=O) groups excluding carboxylic acids is 2. The van der Waals surface area contributed by atoms with Crippen LogP contribution in [0.3, 0.4) is 0 Å². The normalized spacial score (nSPS) is 11.4. The van der Waals surface area contributed by atoms with Crippen LogP contribution in [-0.2, 0) is 26.0 Å². The van der Waals surface area contributed by atoms with Crippen molar-refractivity contribution in [3.8, 4) is 11.4 Å². The summed E-state index contributed by atoms with van der Waals surface area (Å²) in [7, 11) is 26.7. The molecule has 0 atom stereocenters. The molecular formula is C90H58Cl6N18O2Rh2. The van der Waals surface area contributed by atoms with E-state index in [0.29, 0.717) is 33.9 Å². The molecule has 0 unspecified atom stereocenters. The first-order valence-corrected chi connectivity index (χ1v) is 48.4. The molecule has 4 N–H and O–H groups in total. The zero-order chi connectivity index (χ0) is 81.5. The van der Waals surface area contributed by atoms with Gasteiger partial charge in [0.05, 0.1) is 122 Å². The first-order valence-electron chi connectivity index (χ1n) is 35.7. The summed E-state index contributed by atoms with van der Waals surface area (Å²) in [5, 5.41) is 10.8. The van der Waals surface area contributed by atoms with Gasteiger partial charge in [-0.2, -0.15) is 0 Å². The quantitative estimate of drug-likeness (QED) is 0.0469. The van der Waals surface area contributed by atoms with Crippen molar-refractivity contribution in [2.24, 2.45) is 0 Å². The zero-order valence-corrected chi connectivity index (χ0v) is 69.1. The van der Waals surface area contributed by atoms with E-state index in [9.17, 15) is 9.59 Å². The molecule has 580 valence electrons. The summed E-state index contributed by atoms with van der Waals surface area (Å²) >= 11 is -0.226. The molecule has 0 amide bonds. The summed E-state index contributed by atoms with van der Waals surface area (Å²) in [4.78, 5) is 95.2. The van der Waals surface area contributed by atoms with Gasteiger partial charge < -0.3 is 11.5 Å². The average Bonchev–Trinajstić information content (AvgIpc) is 0.806. The van der Waals surface area contributed by atoms with Crippen molar-refractivity contribution < 1.29 is 35.5 Å². The summed E-state index contributed by atoms with van der Waals surface area (Å²) in [5.41, 5.74) is 30.1. The molecule has 0 saturated heterocycles. The first-order chi connectivity index (χ1) is 57.7. The minimum absolute atomic E-state index is 0.226. The second-order valence-corrected chi connectivity index (χ2v) is 42.9. The van der Waals surface area contributed by atoms with Crippen LogP contribution in [0.4, 0.5) is 11.4 Å². The Morgan fingerprint density at radius 1 is 0.229 bits per heavy atom. The number of carbonyl (C=O) groups is 2. The van der Waals surface area contributed by atoms with Crippen LogP contribution in [0.2, 0.25) is 0 Å². The largest absolute Gasteiger partial charge is 0.254 e. The van der Waals surface area contributed by atoms with E-state index in [1.807, 2.05) is 146 Å². The maximum absolute atomic E-state index is 11.8. The van der Waals surface area contributed by atoms with Gasteiger partial charge in [-0.05, 0) is 146 Å². The van der Waals surface area contributed by atoms with Gasteiger partial charge in [0, 0.05) is 128 Å². The molecule has 0 bridgehead atoms. The van der Waals surface area contributed by atoms with Gasteiger partial charge in [-0.15, -0.1) is 0 Å². The van der Waals surface area contributed by atoms with Gasteiger partial charge in [-0.25, -0.2) is 19.9 Å². The van der Waals surface area contributed by atoms with Crippen molar-refractivity contribution in [2.45, 2.75) is 0 Å². The number of rotatable bonds is 0. The number of Topliss-reactive ketones (excluding diaryl/α,β-unsaturated/α-hetero) is 2. The average molecular weight is 1840 g/mol. The number of hydrogen-bond acceptors (Lipinski definition) is 20. The monoisotopic (exact) mass is 1840 g/mol. The van der Waals surface area contributed by atoms with Crippen molar-refractivity contribution in [1.82, 2.24) is 79.7 Å². The van der Waals surface area contributed by atoms with E-state index >= 15 is 0 Å². The molecular weight excluding hydrogens is 1780 g/mol. The molecule has 1 aliphatic rings. The van der Waals surface area contributed by atoms with Gasteiger partial charge >= 0.3 is 84.1 Å². The van der Waals surface area contributed by atoms with Gasteiger partial charge in [0.2, 0.25) is 11.6 Å². The maximum Gasteiger partial charge on any atom is 0.0996 e. The van der Waals surface area contributed by atoms with E-state index in [2.05, 4.69) is 133 Å². The SMILES string of the molecule is Nc1ccccc1N.O=C1C(=O)c2cccnc2-c2ncccc21.[Cl][Rh]([Cl])([Cl])[Cl].[Cl][Rh][Cl].c1ccc2nc3c4cccnc4c4ncccc4c3nc2c1.c1ccc2nc3c4cccnc4c4ncccc4c3nc2c1.c1cnc2c(c1)ccc1cccnc12.c1cnc2c(c1)ccc1cccnc12.c1cnc2c(c1)ccc1cccnc12. The van der Waals surface area contributed by atoms with Crippen LogP contribution in [0.15, 0.2) is 329 Å². The number of halogens is 6. The number of anilines is 2. The van der Waals surface area contributed by atoms with E-state index in [1.54, 1.807) is 111 Å². The molecule has 14 heterocycles. The molecule has 1 aliphatic carbocycles. The topological polar surface area (TPSA) is 292 Å². The molecule has 14 aromatic heterocycles. The summed E-state index contributed by atoms with van der Waals surface area (Å²) in [6.45, 7) is 0. The minimum atomic E-state index is -2.89. The zero-order valence-electron chi connectivity index (χ0n) is 61.2. The number of hydrogen-bond donors (Lipinski definition) is 2. The third-order valence-corrected chi connectivity index (χ3v) is 18.4. The fraction of sp³-hybridized carbons (Fsp3) is 0. The van der Waals surface area contributed by atoms with Crippen LogP contribution in [0.5, 0.6) is 0 Å². The van der Waals surface area contributed by atoms with E-state index < -0.39 is 22.4 Å². The van der Waals surface area contributed by atoms with Crippen molar-refractivity contribution in [3.05, 3.63) is 340 Å². The molecule has 23 rings (SSSR count). The Hall–Kier alpha value is -12.7. The van der Waals surface area contributed by atoms with Crippen molar-refractivity contribution >= 4 is 234 Å². The van der Waals surface area contributed by atoms with Crippen LogP contribution in [0.25, 0.3) is 165 Å². The predicted molar refractivity (Wildman–Crippen MR) is 473 cm³/mol. The Morgan fingerprint density at radius 3 is 0.636 bits per heavy atom. The number of para-hydroxylation sites is 6. The third kappa shape index (κ3) is 18.3. The van der Waals surface area contributed by atoms with Gasteiger partial charge in [0.25, 0.3) is 0 Å². The second-order valence-electron chi connectivity index (χ2n) is 25.5. The fourth-order valence-electron chi connectivity index (χ4n) is 13.2. The molecule has 22 aromatic rings. The van der Waals surface area contributed by atoms with Gasteiger partial charge in [-0.3, -0.25) is 69.4 Å². The number of benzene rings is 8. The Kier molecular flexibility index (Phi) is 25.6. The van der Waals surface area contributed by atoms with Crippen molar-refractivity contribution in [3.63, 3.8) is 0 Å². The Morgan fingerprint density at radius 2 is 0.415 bits per heavy atom. The van der Waals surface area contributed by atoms with E-state index in [1.165, 1.54) is 0 Å². The van der Waals surface area contributed by atoms with Crippen molar-refractivity contribution in [2.75, 3.05) is 11.5 Å². The number of ketones is 2. The van der Waals surface area contributed by atoms with Crippen LogP contribution in [0, 0.1) is 0 Å². The van der Waals surface area contributed by atoms with E-state index in [4.69, 9.17) is 89.5 Å². The standard InChI is InChI=1S/2C18H10N4.C12H6N2O2.3C12H8N2.C6H8N2.6ClH.2Rh/c2*1-2-8-14-13(7-1)21-17-11-5-3-9-19-15(11)16-12(18(17)22-14)6-4-10-20-16;15-11-7-3-1-5-13-9(7)10-8(12(11)16)4-2-6-14-10;3*1-3-9-5-6-10-4-2-8-14-12(10)11(9)13-7-1;7-5-3-1-2-4-6(5)8;;;;;;;;/h2*1-10H;1-6H;3*1-8H;1-4H,7-8H2;6*1H;;/q;;;;;;;;;;;;;+2;+4/p-6. The summed E-state index contributed by atoms with van der Waals surface area (Å²) in [5.74, 6) is -1.02. The van der Waals surface area contributed by atoms with E-state index in [0.717, 1.165) is 153 Å². The maximum atomic E-state index is 11.8. The first kappa shape index (κ1) is 80.5. The van der Waals surface area contributed by atoms with Crippen LogP contribution >= 0.6 is 58.1 Å². The van der Waals surface area contributed by atoms with Crippen molar-refractivity contribution in [1.29, 1.82) is 0 Å². The number of aromatic nitrogens is 16. The van der Waals surface area contributed by atoms with Crippen LogP contribution in [-0.4, -0.2) is 91.3 Å². The molecule has 0 fully saturated rings. The fourth-order valence-corrected chi connectivity index (χ4v) is 13.2. The molecule has 28 heteroatoms. The van der Waals surface area contributed by atoms with Gasteiger partial charge in [0.1, 0.15) is 11.4 Å². The summed E-state index contributed by atoms with van der Waals surface area (Å²) in [6, 6.07) is 81.8. The Labute approximate surface area is 706 Å². The van der Waals surface area contributed by atoms with E-state index in [-0.39, 0.29) is 15.1 Å². The third-order valence-electron chi connectivity index (χ3n) is 18.4. The Balaban J connectivity index is 0.000000108. The molecule has 0 spiro atoms.